The number of hydrogen-bond acceptors (Lipinski definition) is 1. The Balaban J connectivity index is 1.54. The molecule has 100 valence electrons. The van der Waals surface area contributed by atoms with E-state index in [1.54, 1.807) is 4.90 Å². The second kappa shape index (κ2) is 7.74. The summed E-state index contributed by atoms with van der Waals surface area (Å²) in [4.78, 5) is 1.70. The fourth-order valence-corrected chi connectivity index (χ4v) is 2.42. The van der Waals surface area contributed by atoms with E-state index in [1.807, 2.05) is 12.1 Å². The van der Waals surface area contributed by atoms with Crippen LogP contribution in [0.25, 0.3) is 0 Å². The van der Waals surface area contributed by atoms with Crippen molar-refractivity contribution < 1.29 is 15.0 Å². The highest BCUT2D eigenvalue weighted by molar-refractivity contribution is 6.30. The number of benzene rings is 1. The van der Waals surface area contributed by atoms with Crippen molar-refractivity contribution in [1.82, 2.24) is 0 Å². The molecule has 0 saturated carbocycles. The van der Waals surface area contributed by atoms with Crippen molar-refractivity contribution in [3.8, 4) is 0 Å². The highest BCUT2D eigenvalue weighted by atomic mass is 35.5. The van der Waals surface area contributed by atoms with Gasteiger partial charge in [0.2, 0.25) is 0 Å². The predicted molar refractivity (Wildman–Crippen MR) is 72.9 cm³/mol. The van der Waals surface area contributed by atoms with E-state index in [0.717, 1.165) is 24.8 Å². The zero-order valence-electron chi connectivity index (χ0n) is 10.8. The first-order chi connectivity index (χ1) is 8.84. The van der Waals surface area contributed by atoms with Gasteiger partial charge in [-0.1, -0.05) is 23.7 Å². The summed E-state index contributed by atoms with van der Waals surface area (Å²) in [6.45, 7) is 7.76. The van der Waals surface area contributed by atoms with Gasteiger partial charge in [-0.3, -0.25) is 0 Å². The van der Waals surface area contributed by atoms with Crippen molar-refractivity contribution in [1.29, 1.82) is 0 Å². The molecule has 1 heterocycles. The Morgan fingerprint density at radius 2 is 1.89 bits per heavy atom. The molecule has 0 unspecified atom stereocenters. The Labute approximate surface area is 114 Å². The zero-order valence-corrected chi connectivity index (χ0v) is 11.6. The Bertz CT molecular complexity index is 336. The van der Waals surface area contributed by atoms with Gasteiger partial charge in [-0.15, -0.1) is 0 Å². The van der Waals surface area contributed by atoms with E-state index in [9.17, 15) is 0 Å². The van der Waals surface area contributed by atoms with Crippen molar-refractivity contribution in [3.05, 3.63) is 34.9 Å². The molecule has 0 aromatic heterocycles. The number of morpholine rings is 1. The summed E-state index contributed by atoms with van der Waals surface area (Å²) in [6.07, 6.45) is 1.28. The van der Waals surface area contributed by atoms with Gasteiger partial charge >= 0.3 is 0 Å². The lowest BCUT2D eigenvalue weighted by Gasteiger charge is -2.23. The summed E-state index contributed by atoms with van der Waals surface area (Å²) < 4.78 is 5.36. The third-order valence-electron chi connectivity index (χ3n) is 3.43. The Kier molecular flexibility index (Phi) is 5.94. The van der Waals surface area contributed by atoms with E-state index < -0.39 is 0 Å². The first kappa shape index (κ1) is 13.8. The number of rotatable bonds is 6. The molecule has 1 aliphatic heterocycles. The molecule has 1 saturated heterocycles. The van der Waals surface area contributed by atoms with Crippen LogP contribution in [0.2, 0.25) is 5.02 Å². The van der Waals surface area contributed by atoms with E-state index in [0.29, 0.717) is 0 Å². The molecule has 0 radical (unpaired) electrons. The van der Waals surface area contributed by atoms with Crippen molar-refractivity contribution in [2.24, 2.45) is 0 Å². The van der Waals surface area contributed by atoms with Crippen LogP contribution in [0.15, 0.2) is 24.3 Å². The van der Waals surface area contributed by atoms with Gasteiger partial charge in [-0.25, -0.2) is 0 Å². The van der Waals surface area contributed by atoms with E-state index in [4.69, 9.17) is 16.3 Å². The summed E-state index contributed by atoms with van der Waals surface area (Å²) >= 11 is 5.86. The van der Waals surface area contributed by atoms with E-state index in [1.165, 1.54) is 38.2 Å². The van der Waals surface area contributed by atoms with Gasteiger partial charge in [0, 0.05) is 17.0 Å². The molecule has 4 heteroatoms. The minimum atomic E-state index is 0.815. The maximum Gasteiger partial charge on any atom is 0.101 e. The molecule has 0 aliphatic carbocycles. The van der Waals surface area contributed by atoms with Crippen LogP contribution in [0.4, 0.5) is 0 Å². The summed E-state index contributed by atoms with van der Waals surface area (Å²) in [5.74, 6) is 0. The van der Waals surface area contributed by atoms with Gasteiger partial charge < -0.3 is 15.0 Å². The lowest BCUT2D eigenvalue weighted by atomic mass is 10.2. The molecule has 3 N–H and O–H groups in total. The van der Waals surface area contributed by atoms with Crippen LogP contribution in [0.3, 0.4) is 0 Å². The quantitative estimate of drug-likeness (QED) is 0.684. The molecule has 0 spiro atoms. The van der Waals surface area contributed by atoms with Crippen molar-refractivity contribution in [2.45, 2.75) is 13.0 Å². The number of ether oxygens (including phenoxy) is 1. The maximum atomic E-state index is 5.86. The smallest absolute Gasteiger partial charge is 0.101 e. The highest BCUT2D eigenvalue weighted by Crippen LogP contribution is 2.08. The van der Waals surface area contributed by atoms with Gasteiger partial charge in [0.1, 0.15) is 19.6 Å². The van der Waals surface area contributed by atoms with Crippen LogP contribution in [-0.4, -0.2) is 39.4 Å². The second-order valence-electron chi connectivity index (χ2n) is 4.87. The maximum absolute atomic E-state index is 5.86. The molecule has 18 heavy (non-hydrogen) atoms. The van der Waals surface area contributed by atoms with Gasteiger partial charge in [-0.2, -0.15) is 0 Å². The fourth-order valence-electron chi connectivity index (χ4n) is 2.30. The average Bonchev–Trinajstić information content (AvgIpc) is 2.42. The second-order valence-corrected chi connectivity index (χ2v) is 5.31. The van der Waals surface area contributed by atoms with Gasteiger partial charge in [0.15, 0.2) is 0 Å². The molecule has 1 aromatic rings. The summed E-state index contributed by atoms with van der Waals surface area (Å²) in [5, 5.41) is 3.19. The first-order valence-corrected chi connectivity index (χ1v) is 7.20. The molecular formula is C14H23ClN2O+2. The molecule has 3 nitrogen and oxygen atoms in total. The molecular weight excluding hydrogens is 248 g/mol. The highest BCUT2D eigenvalue weighted by Gasteiger charge is 2.12. The van der Waals surface area contributed by atoms with Crippen LogP contribution >= 0.6 is 11.6 Å². The Morgan fingerprint density at radius 3 is 2.61 bits per heavy atom. The number of halogens is 1. The Hall–Kier alpha value is -0.610. The van der Waals surface area contributed by atoms with Crippen LogP contribution in [0, 0.1) is 0 Å². The lowest BCUT2D eigenvalue weighted by molar-refractivity contribution is -0.909. The minimum Gasteiger partial charge on any atom is -0.370 e. The minimum absolute atomic E-state index is 0.815. The third kappa shape index (κ3) is 4.94. The monoisotopic (exact) mass is 270 g/mol. The largest absolute Gasteiger partial charge is 0.370 e. The molecule has 0 amide bonds. The van der Waals surface area contributed by atoms with Crippen molar-refractivity contribution in [3.63, 3.8) is 0 Å². The zero-order chi connectivity index (χ0) is 12.6. The summed E-state index contributed by atoms with van der Waals surface area (Å²) in [7, 11) is 0. The predicted octanol–water partition coefficient (Wildman–Crippen LogP) is -0.291. The van der Waals surface area contributed by atoms with Crippen molar-refractivity contribution >= 4 is 11.6 Å². The van der Waals surface area contributed by atoms with Gasteiger partial charge in [0.05, 0.1) is 26.3 Å². The number of quaternary nitrogens is 2. The van der Waals surface area contributed by atoms with Crippen LogP contribution in [0.5, 0.6) is 0 Å². The molecule has 1 fully saturated rings. The molecule has 0 atom stereocenters. The lowest BCUT2D eigenvalue weighted by Crippen LogP contribution is -3.14. The summed E-state index contributed by atoms with van der Waals surface area (Å²) in [5.41, 5.74) is 1.35. The van der Waals surface area contributed by atoms with E-state index in [-0.39, 0.29) is 0 Å². The number of hydrogen-bond donors (Lipinski definition) is 2. The molecule has 1 aliphatic rings. The average molecular weight is 271 g/mol. The number of nitrogens with two attached hydrogens (primary N) is 1. The number of nitrogens with one attached hydrogen (secondary N) is 1. The van der Waals surface area contributed by atoms with E-state index >= 15 is 0 Å². The van der Waals surface area contributed by atoms with Gasteiger partial charge in [0.25, 0.3) is 0 Å². The topological polar surface area (TPSA) is 30.3 Å². The van der Waals surface area contributed by atoms with Crippen LogP contribution in [-0.2, 0) is 11.3 Å². The standard InChI is InChI=1S/C14H21ClN2O/c15-14-4-2-13(3-5-14)12-16-6-1-7-17-8-10-18-11-9-17/h2-5,16H,1,6-12H2/p+2. The summed E-state index contributed by atoms with van der Waals surface area (Å²) in [6, 6.07) is 8.13. The third-order valence-corrected chi connectivity index (χ3v) is 3.68. The normalized spacial score (nSPS) is 16.9. The van der Waals surface area contributed by atoms with Crippen LogP contribution in [0.1, 0.15) is 12.0 Å². The molecule has 2 rings (SSSR count). The fraction of sp³-hybridized carbons (Fsp3) is 0.571. The van der Waals surface area contributed by atoms with Crippen LogP contribution < -0.4 is 10.2 Å². The van der Waals surface area contributed by atoms with Gasteiger partial charge in [-0.05, 0) is 12.1 Å². The Morgan fingerprint density at radius 1 is 1.17 bits per heavy atom. The van der Waals surface area contributed by atoms with E-state index in [2.05, 4.69) is 17.4 Å². The molecule has 1 aromatic carbocycles. The molecule has 0 bridgehead atoms. The van der Waals surface area contributed by atoms with Crippen molar-refractivity contribution in [2.75, 3.05) is 39.4 Å². The SMILES string of the molecule is Clc1ccc(C[NH2+]CCC[NH+]2CCOCC2)cc1. The first-order valence-electron chi connectivity index (χ1n) is 6.82.